The third-order valence-corrected chi connectivity index (χ3v) is 5.57. The Morgan fingerprint density at radius 1 is 1.18 bits per heavy atom. The minimum Gasteiger partial charge on any atom is -0.363 e. The molecular formula is C24H24F3N5S. The molecule has 1 aromatic heterocycles. The van der Waals surface area contributed by atoms with Gasteiger partial charge in [0.1, 0.15) is 0 Å². The van der Waals surface area contributed by atoms with Crippen molar-refractivity contribution < 1.29 is 13.2 Å². The molecule has 5 nitrogen and oxygen atoms in total. The topological polar surface area (TPSA) is 56.9 Å². The van der Waals surface area contributed by atoms with Gasteiger partial charge in [-0.15, -0.1) is 0 Å². The van der Waals surface area contributed by atoms with E-state index in [1.54, 1.807) is 35.6 Å². The Morgan fingerprint density at radius 2 is 1.91 bits per heavy atom. The molecule has 3 aromatic rings. The first-order chi connectivity index (χ1) is 15.8. The smallest absolute Gasteiger partial charge is 0.363 e. The second kappa shape index (κ2) is 11.0. The second-order valence-electron chi connectivity index (χ2n) is 7.48. The van der Waals surface area contributed by atoms with E-state index in [0.717, 1.165) is 17.3 Å². The maximum Gasteiger partial charge on any atom is 0.416 e. The SMILES string of the molecule is CCNC(=S)N(CCc1cncn1Cc1ccc(C#N)cc1)Cc1ccccc1C(F)(F)F. The molecule has 9 heteroatoms. The Bertz CT molecular complexity index is 1120. The van der Waals surface area contributed by atoms with Crippen LogP contribution in [0.25, 0.3) is 0 Å². The number of thiocarbonyl (C=S) groups is 1. The van der Waals surface area contributed by atoms with E-state index in [1.165, 1.54) is 12.1 Å². The highest BCUT2D eigenvalue weighted by Crippen LogP contribution is 2.32. The van der Waals surface area contributed by atoms with Gasteiger partial charge in [0.05, 0.1) is 23.5 Å². The molecule has 33 heavy (non-hydrogen) atoms. The Labute approximate surface area is 196 Å². The van der Waals surface area contributed by atoms with Crippen molar-refractivity contribution in [3.05, 3.63) is 89.0 Å². The van der Waals surface area contributed by atoms with Crippen molar-refractivity contribution in [3.8, 4) is 6.07 Å². The lowest BCUT2D eigenvalue weighted by molar-refractivity contribution is -0.138. The van der Waals surface area contributed by atoms with Crippen LogP contribution in [0.5, 0.6) is 0 Å². The first-order valence-electron chi connectivity index (χ1n) is 10.5. The number of imidazole rings is 1. The van der Waals surface area contributed by atoms with Crippen LogP contribution in [0.4, 0.5) is 13.2 Å². The zero-order valence-electron chi connectivity index (χ0n) is 18.1. The average Bonchev–Trinajstić information content (AvgIpc) is 3.23. The van der Waals surface area contributed by atoms with E-state index >= 15 is 0 Å². The molecule has 0 saturated carbocycles. The molecule has 0 spiro atoms. The number of hydrogen-bond acceptors (Lipinski definition) is 3. The van der Waals surface area contributed by atoms with Gasteiger partial charge in [-0.25, -0.2) is 4.98 Å². The lowest BCUT2D eigenvalue weighted by atomic mass is 10.1. The predicted molar refractivity (Wildman–Crippen MR) is 124 cm³/mol. The molecule has 0 amide bonds. The minimum absolute atomic E-state index is 0.0469. The number of alkyl halides is 3. The van der Waals surface area contributed by atoms with Crippen molar-refractivity contribution in [1.82, 2.24) is 19.8 Å². The molecule has 0 bridgehead atoms. The highest BCUT2D eigenvalue weighted by molar-refractivity contribution is 7.80. The van der Waals surface area contributed by atoms with Gasteiger partial charge in [0, 0.05) is 44.5 Å². The lowest BCUT2D eigenvalue weighted by Crippen LogP contribution is -2.40. The summed E-state index contributed by atoms with van der Waals surface area (Å²) in [6.45, 7) is 3.52. The lowest BCUT2D eigenvalue weighted by Gasteiger charge is -2.27. The summed E-state index contributed by atoms with van der Waals surface area (Å²) in [4.78, 5) is 5.99. The summed E-state index contributed by atoms with van der Waals surface area (Å²) in [5.41, 5.74) is 2.08. The predicted octanol–water partition coefficient (Wildman–Crippen LogP) is 4.76. The van der Waals surface area contributed by atoms with Gasteiger partial charge in [-0.3, -0.25) is 0 Å². The van der Waals surface area contributed by atoms with Crippen LogP contribution in [0.1, 0.15) is 34.9 Å². The molecular weight excluding hydrogens is 447 g/mol. The third-order valence-electron chi connectivity index (χ3n) is 5.17. The van der Waals surface area contributed by atoms with Crippen molar-refractivity contribution in [3.63, 3.8) is 0 Å². The van der Waals surface area contributed by atoms with Crippen LogP contribution in [-0.2, 0) is 25.7 Å². The highest BCUT2D eigenvalue weighted by Gasteiger charge is 2.33. The van der Waals surface area contributed by atoms with E-state index in [0.29, 0.717) is 36.7 Å². The maximum atomic E-state index is 13.5. The van der Waals surface area contributed by atoms with Crippen LogP contribution in [0, 0.1) is 11.3 Å². The Kier molecular flexibility index (Phi) is 8.06. The fourth-order valence-electron chi connectivity index (χ4n) is 3.49. The van der Waals surface area contributed by atoms with Gasteiger partial charge >= 0.3 is 6.18 Å². The van der Waals surface area contributed by atoms with E-state index in [-0.39, 0.29) is 12.1 Å². The molecule has 0 saturated heterocycles. The first kappa shape index (κ1) is 24.3. The molecule has 0 unspecified atom stereocenters. The van der Waals surface area contributed by atoms with Crippen LogP contribution in [-0.4, -0.2) is 32.7 Å². The highest BCUT2D eigenvalue weighted by atomic mass is 32.1. The molecule has 1 heterocycles. The van der Waals surface area contributed by atoms with Gasteiger partial charge in [0.25, 0.3) is 0 Å². The molecule has 0 aliphatic rings. The van der Waals surface area contributed by atoms with Gasteiger partial charge in [-0.05, 0) is 48.5 Å². The molecule has 2 aromatic carbocycles. The summed E-state index contributed by atoms with van der Waals surface area (Å²) >= 11 is 5.45. The van der Waals surface area contributed by atoms with Crippen LogP contribution >= 0.6 is 12.2 Å². The number of nitrogens with zero attached hydrogens (tertiary/aromatic N) is 4. The molecule has 1 N–H and O–H groups in total. The summed E-state index contributed by atoms with van der Waals surface area (Å²) in [7, 11) is 0. The number of nitriles is 1. The zero-order valence-corrected chi connectivity index (χ0v) is 19.0. The van der Waals surface area contributed by atoms with Gasteiger partial charge in [-0.2, -0.15) is 18.4 Å². The summed E-state index contributed by atoms with van der Waals surface area (Å²) < 4.78 is 42.4. The van der Waals surface area contributed by atoms with E-state index in [1.807, 2.05) is 23.6 Å². The van der Waals surface area contributed by atoms with E-state index in [9.17, 15) is 13.2 Å². The quantitative estimate of drug-likeness (QED) is 0.480. The van der Waals surface area contributed by atoms with Crippen molar-refractivity contribution in [2.75, 3.05) is 13.1 Å². The Hall–Kier alpha value is -3.38. The van der Waals surface area contributed by atoms with Gasteiger partial charge in [0.2, 0.25) is 0 Å². The average molecular weight is 472 g/mol. The number of hydrogen-bond donors (Lipinski definition) is 1. The summed E-state index contributed by atoms with van der Waals surface area (Å²) in [5.74, 6) is 0. The summed E-state index contributed by atoms with van der Waals surface area (Å²) in [6.07, 6.45) is -0.404. The first-order valence-corrected chi connectivity index (χ1v) is 10.9. The molecule has 0 fully saturated rings. The van der Waals surface area contributed by atoms with E-state index in [2.05, 4.69) is 16.4 Å². The largest absolute Gasteiger partial charge is 0.416 e. The Balaban J connectivity index is 1.75. The number of nitrogens with one attached hydrogen (secondary N) is 1. The van der Waals surface area contributed by atoms with Gasteiger partial charge in [0.15, 0.2) is 5.11 Å². The van der Waals surface area contributed by atoms with Crippen LogP contribution < -0.4 is 5.32 Å². The molecule has 0 aliphatic carbocycles. The fourth-order valence-corrected chi connectivity index (χ4v) is 3.79. The standard InChI is InChI=1S/C24H24F3N5S/c1-2-30-23(33)31(16-20-5-3-4-6-22(20)24(25,26)27)12-11-21-14-29-17-32(21)15-19-9-7-18(13-28)8-10-19/h3-10,14,17H,2,11-12,15-16H2,1H3,(H,30,33). The van der Waals surface area contributed by atoms with Crippen LogP contribution in [0.3, 0.4) is 0 Å². The second-order valence-corrected chi connectivity index (χ2v) is 7.87. The van der Waals surface area contributed by atoms with E-state index in [4.69, 9.17) is 17.5 Å². The molecule has 172 valence electrons. The molecule has 0 aliphatic heterocycles. The van der Waals surface area contributed by atoms with Crippen molar-refractivity contribution >= 4 is 17.3 Å². The zero-order chi connectivity index (χ0) is 23.8. The number of rotatable bonds is 8. The van der Waals surface area contributed by atoms with Crippen LogP contribution in [0.15, 0.2) is 61.1 Å². The van der Waals surface area contributed by atoms with Gasteiger partial charge in [-0.1, -0.05) is 30.3 Å². The van der Waals surface area contributed by atoms with Crippen molar-refractivity contribution in [1.29, 1.82) is 5.26 Å². The third kappa shape index (κ3) is 6.56. The fraction of sp³-hybridized carbons (Fsp3) is 0.292. The Morgan fingerprint density at radius 3 is 2.58 bits per heavy atom. The number of benzene rings is 2. The van der Waals surface area contributed by atoms with Crippen molar-refractivity contribution in [2.45, 2.75) is 32.6 Å². The van der Waals surface area contributed by atoms with Crippen molar-refractivity contribution in [2.24, 2.45) is 0 Å². The normalized spacial score (nSPS) is 11.1. The molecule has 3 rings (SSSR count). The van der Waals surface area contributed by atoms with Gasteiger partial charge < -0.3 is 14.8 Å². The van der Waals surface area contributed by atoms with E-state index < -0.39 is 11.7 Å². The number of halogens is 3. The maximum absolute atomic E-state index is 13.5. The summed E-state index contributed by atoms with van der Waals surface area (Å²) in [6, 6.07) is 15.0. The van der Waals surface area contributed by atoms with Crippen LogP contribution in [0.2, 0.25) is 0 Å². The number of aromatic nitrogens is 2. The molecule has 0 atom stereocenters. The molecule has 0 radical (unpaired) electrons. The summed E-state index contributed by atoms with van der Waals surface area (Å²) in [5, 5.41) is 12.4. The minimum atomic E-state index is -4.43. The monoisotopic (exact) mass is 471 g/mol.